The highest BCUT2D eigenvalue weighted by atomic mass is 16.5. The molecule has 0 fully saturated rings. The largest absolute Gasteiger partial charge is 0.497 e. The van der Waals surface area contributed by atoms with Crippen molar-refractivity contribution in [1.29, 1.82) is 5.26 Å². The number of hydrogen-bond donors (Lipinski definition) is 0. The normalized spacial score (nSPS) is 17.2. The SMILES string of the molecule is COc1ccc(C(=O)[C@@]2(C#N)CC=C(C(=O)OC(c3ccccc3)c3ccccc3)C2)cc1. The molecule has 5 nitrogen and oxygen atoms in total. The minimum absolute atomic E-state index is 0.0174. The van der Waals surface area contributed by atoms with E-state index in [-0.39, 0.29) is 18.6 Å². The zero-order chi connectivity index (χ0) is 23.3. The number of ether oxygens (including phenoxy) is 2. The van der Waals surface area contributed by atoms with E-state index in [1.165, 1.54) is 0 Å². The average molecular weight is 437 g/mol. The van der Waals surface area contributed by atoms with Gasteiger partial charge in [0.2, 0.25) is 0 Å². The fraction of sp³-hybridized carbons (Fsp3) is 0.179. The van der Waals surface area contributed by atoms with Gasteiger partial charge in [0.15, 0.2) is 11.9 Å². The molecule has 33 heavy (non-hydrogen) atoms. The van der Waals surface area contributed by atoms with Crippen LogP contribution in [0, 0.1) is 16.7 Å². The third-order valence-electron chi connectivity index (χ3n) is 5.88. The van der Waals surface area contributed by atoms with Gasteiger partial charge in [-0.05, 0) is 41.8 Å². The highest BCUT2D eigenvalue weighted by Gasteiger charge is 2.44. The number of nitriles is 1. The molecular weight excluding hydrogens is 414 g/mol. The topological polar surface area (TPSA) is 76.4 Å². The summed E-state index contributed by atoms with van der Waals surface area (Å²) in [5.74, 6) is -0.207. The molecule has 0 unspecified atom stereocenters. The molecule has 164 valence electrons. The Morgan fingerprint density at radius 3 is 2.00 bits per heavy atom. The number of ketones is 1. The summed E-state index contributed by atoms with van der Waals surface area (Å²) in [4.78, 5) is 26.3. The molecule has 1 atom stereocenters. The molecule has 0 saturated heterocycles. The van der Waals surface area contributed by atoms with Gasteiger partial charge in [0.1, 0.15) is 11.2 Å². The number of allylic oxidation sites excluding steroid dienone is 1. The molecule has 0 aromatic heterocycles. The third-order valence-corrected chi connectivity index (χ3v) is 5.88. The Bertz CT molecular complexity index is 1170. The Morgan fingerprint density at radius 2 is 1.48 bits per heavy atom. The highest BCUT2D eigenvalue weighted by Crippen LogP contribution is 2.41. The van der Waals surface area contributed by atoms with Crippen LogP contribution in [0.2, 0.25) is 0 Å². The summed E-state index contributed by atoms with van der Waals surface area (Å²) in [6.07, 6.45) is 1.25. The zero-order valence-corrected chi connectivity index (χ0v) is 18.2. The predicted molar refractivity (Wildman–Crippen MR) is 124 cm³/mol. The summed E-state index contributed by atoms with van der Waals surface area (Å²) in [6, 6.07) is 27.8. The Kier molecular flexibility index (Phi) is 6.37. The first kappa shape index (κ1) is 22.0. The number of carbonyl (C=O) groups is 2. The molecule has 3 aromatic carbocycles. The monoisotopic (exact) mass is 437 g/mol. The highest BCUT2D eigenvalue weighted by molar-refractivity contribution is 6.04. The Balaban J connectivity index is 1.54. The lowest BCUT2D eigenvalue weighted by Gasteiger charge is -2.21. The van der Waals surface area contributed by atoms with E-state index in [4.69, 9.17) is 9.47 Å². The van der Waals surface area contributed by atoms with E-state index >= 15 is 0 Å². The van der Waals surface area contributed by atoms with E-state index in [1.54, 1.807) is 37.5 Å². The summed E-state index contributed by atoms with van der Waals surface area (Å²) in [7, 11) is 1.55. The lowest BCUT2D eigenvalue weighted by molar-refractivity contribution is -0.143. The van der Waals surface area contributed by atoms with Crippen molar-refractivity contribution >= 4 is 11.8 Å². The Hall–Kier alpha value is -4.17. The molecule has 0 spiro atoms. The minimum atomic E-state index is -1.32. The van der Waals surface area contributed by atoms with Gasteiger partial charge in [-0.25, -0.2) is 4.79 Å². The average Bonchev–Trinajstić information content (AvgIpc) is 3.34. The van der Waals surface area contributed by atoms with Gasteiger partial charge in [0.25, 0.3) is 0 Å². The standard InChI is InChI=1S/C28H23NO4/c1-32-24-14-12-22(13-15-24)26(30)28(19-29)17-16-23(18-28)27(31)33-25(20-8-4-2-5-9-20)21-10-6-3-7-11-21/h2-16,25H,17-18H2,1H3/t28-/m0/s1. The van der Waals surface area contributed by atoms with Crippen LogP contribution in [0.15, 0.2) is 96.6 Å². The smallest absolute Gasteiger partial charge is 0.334 e. The van der Waals surface area contributed by atoms with E-state index in [2.05, 4.69) is 6.07 Å². The maximum Gasteiger partial charge on any atom is 0.334 e. The molecular formula is C28H23NO4. The van der Waals surface area contributed by atoms with E-state index in [9.17, 15) is 14.9 Å². The second-order valence-corrected chi connectivity index (χ2v) is 7.97. The Labute approximate surface area is 192 Å². The van der Waals surface area contributed by atoms with Crippen LogP contribution in [-0.4, -0.2) is 18.9 Å². The molecule has 0 N–H and O–H groups in total. The molecule has 3 aromatic rings. The van der Waals surface area contributed by atoms with Crippen molar-refractivity contribution in [3.63, 3.8) is 0 Å². The van der Waals surface area contributed by atoms with Crippen molar-refractivity contribution in [3.05, 3.63) is 113 Å². The molecule has 0 aliphatic heterocycles. The lowest BCUT2D eigenvalue weighted by Crippen LogP contribution is -2.28. The van der Waals surface area contributed by atoms with Crippen LogP contribution < -0.4 is 4.74 Å². The van der Waals surface area contributed by atoms with Crippen LogP contribution >= 0.6 is 0 Å². The molecule has 0 amide bonds. The number of hydrogen-bond acceptors (Lipinski definition) is 5. The van der Waals surface area contributed by atoms with Gasteiger partial charge >= 0.3 is 5.97 Å². The van der Waals surface area contributed by atoms with Crippen LogP contribution in [0.1, 0.15) is 40.4 Å². The number of Topliss-reactive ketones (excluding diaryl/α,β-unsaturated/α-hetero) is 1. The van der Waals surface area contributed by atoms with Gasteiger partial charge in [-0.2, -0.15) is 5.26 Å². The molecule has 1 aliphatic rings. The van der Waals surface area contributed by atoms with Gasteiger partial charge in [-0.3, -0.25) is 4.79 Å². The van der Waals surface area contributed by atoms with E-state index in [0.717, 1.165) is 11.1 Å². The summed E-state index contributed by atoms with van der Waals surface area (Å²) < 4.78 is 11.1. The van der Waals surface area contributed by atoms with Crippen molar-refractivity contribution in [2.45, 2.75) is 18.9 Å². The number of benzene rings is 3. The summed E-state index contributed by atoms with van der Waals surface area (Å²) >= 11 is 0. The number of carbonyl (C=O) groups excluding carboxylic acids is 2. The van der Waals surface area contributed by atoms with Crippen LogP contribution in [0.5, 0.6) is 5.75 Å². The number of methoxy groups -OCH3 is 1. The fourth-order valence-corrected chi connectivity index (χ4v) is 4.02. The maximum absolute atomic E-state index is 13.2. The van der Waals surface area contributed by atoms with Crippen LogP contribution in [0.3, 0.4) is 0 Å². The summed E-state index contributed by atoms with van der Waals surface area (Å²) in [5, 5.41) is 9.91. The first-order valence-corrected chi connectivity index (χ1v) is 10.7. The van der Waals surface area contributed by atoms with Gasteiger partial charge in [-0.1, -0.05) is 66.7 Å². The van der Waals surface area contributed by atoms with Crippen molar-refractivity contribution < 1.29 is 19.1 Å². The third kappa shape index (κ3) is 4.56. The summed E-state index contributed by atoms with van der Waals surface area (Å²) in [6.45, 7) is 0. The Morgan fingerprint density at radius 1 is 0.909 bits per heavy atom. The number of esters is 1. The van der Waals surface area contributed by atoms with E-state index in [1.807, 2.05) is 60.7 Å². The zero-order valence-electron chi connectivity index (χ0n) is 18.2. The van der Waals surface area contributed by atoms with Crippen LogP contribution in [0.4, 0.5) is 0 Å². The van der Waals surface area contributed by atoms with Gasteiger partial charge < -0.3 is 9.47 Å². The first-order valence-electron chi connectivity index (χ1n) is 10.7. The van der Waals surface area contributed by atoms with Crippen molar-refractivity contribution in [1.82, 2.24) is 0 Å². The van der Waals surface area contributed by atoms with Crippen LogP contribution in [-0.2, 0) is 9.53 Å². The van der Waals surface area contributed by atoms with Crippen LogP contribution in [0.25, 0.3) is 0 Å². The van der Waals surface area contributed by atoms with Gasteiger partial charge in [-0.15, -0.1) is 0 Å². The lowest BCUT2D eigenvalue weighted by atomic mass is 9.78. The molecule has 0 saturated carbocycles. The molecule has 1 aliphatic carbocycles. The van der Waals surface area contributed by atoms with Crippen molar-refractivity contribution in [2.24, 2.45) is 5.41 Å². The fourth-order valence-electron chi connectivity index (χ4n) is 4.02. The molecule has 4 rings (SSSR count). The first-order chi connectivity index (χ1) is 16.1. The molecule has 5 heteroatoms. The quantitative estimate of drug-likeness (QED) is 0.363. The number of nitrogens with zero attached hydrogens (tertiary/aromatic N) is 1. The summed E-state index contributed by atoms with van der Waals surface area (Å²) in [5.41, 5.74) is 1.12. The van der Waals surface area contributed by atoms with E-state index in [0.29, 0.717) is 16.9 Å². The van der Waals surface area contributed by atoms with Gasteiger partial charge in [0, 0.05) is 17.6 Å². The minimum Gasteiger partial charge on any atom is -0.497 e. The second-order valence-electron chi connectivity index (χ2n) is 7.97. The molecule has 0 bridgehead atoms. The predicted octanol–water partition coefficient (Wildman–Crippen LogP) is 5.44. The molecule has 0 radical (unpaired) electrons. The number of rotatable bonds is 7. The van der Waals surface area contributed by atoms with Gasteiger partial charge in [0.05, 0.1) is 13.2 Å². The van der Waals surface area contributed by atoms with Crippen molar-refractivity contribution in [2.75, 3.05) is 7.11 Å². The van der Waals surface area contributed by atoms with E-state index < -0.39 is 17.5 Å². The maximum atomic E-state index is 13.2. The molecule has 0 heterocycles. The van der Waals surface area contributed by atoms with Crippen molar-refractivity contribution in [3.8, 4) is 11.8 Å². The second kappa shape index (κ2) is 9.54.